The summed E-state index contributed by atoms with van der Waals surface area (Å²) < 4.78 is 0. The molecular weight excluding hydrogens is 278 g/mol. The minimum Gasteiger partial charge on any atom is -0.301 e. The highest BCUT2D eigenvalue weighted by Crippen LogP contribution is 2.16. The van der Waals surface area contributed by atoms with Crippen molar-refractivity contribution in [2.45, 2.75) is 26.7 Å². The molecule has 15 heavy (non-hydrogen) atoms. The van der Waals surface area contributed by atoms with Crippen LogP contribution in [0.5, 0.6) is 0 Å². The first-order valence-corrected chi connectivity index (χ1v) is 6.73. The van der Waals surface area contributed by atoms with E-state index in [1.807, 2.05) is 13.8 Å². The van der Waals surface area contributed by atoms with Crippen LogP contribution >= 0.6 is 27.3 Å². The fourth-order valence-electron chi connectivity index (χ4n) is 1.03. The first-order chi connectivity index (χ1) is 7.11. The zero-order valence-electron chi connectivity index (χ0n) is 8.79. The Labute approximate surface area is 102 Å². The minimum absolute atomic E-state index is 0.00606. The predicted molar refractivity (Wildman–Crippen MR) is 65.5 cm³/mol. The molecule has 0 unspecified atom stereocenters. The molecule has 0 spiro atoms. The van der Waals surface area contributed by atoms with E-state index >= 15 is 0 Å². The van der Waals surface area contributed by atoms with E-state index in [0.717, 1.165) is 16.8 Å². The third kappa shape index (κ3) is 4.70. The van der Waals surface area contributed by atoms with Gasteiger partial charge >= 0.3 is 0 Å². The predicted octanol–water partition coefficient (Wildman–Crippen LogP) is 2.46. The van der Waals surface area contributed by atoms with Crippen molar-refractivity contribution in [3.63, 3.8) is 0 Å². The molecule has 0 saturated carbocycles. The second-order valence-corrected chi connectivity index (χ2v) is 5.44. The van der Waals surface area contributed by atoms with E-state index in [9.17, 15) is 4.79 Å². The van der Waals surface area contributed by atoms with E-state index in [0.29, 0.717) is 17.5 Å². The summed E-state index contributed by atoms with van der Waals surface area (Å²) in [7, 11) is 0. The lowest BCUT2D eigenvalue weighted by Crippen LogP contribution is -2.13. The average molecular weight is 292 g/mol. The molecule has 0 saturated heterocycles. The van der Waals surface area contributed by atoms with Crippen molar-refractivity contribution in [2.24, 2.45) is 5.92 Å². The van der Waals surface area contributed by atoms with Crippen LogP contribution in [-0.2, 0) is 11.2 Å². The Kier molecular flexibility index (Phi) is 5.17. The smallest absolute Gasteiger partial charge is 0.226 e. The molecule has 1 amide bonds. The highest BCUT2D eigenvalue weighted by Gasteiger charge is 2.09. The number of hydrogen-bond donors (Lipinski definition) is 1. The number of rotatable bonds is 5. The van der Waals surface area contributed by atoms with E-state index in [-0.39, 0.29) is 5.91 Å². The van der Waals surface area contributed by atoms with Gasteiger partial charge in [-0.2, -0.15) is 0 Å². The molecule has 4 nitrogen and oxygen atoms in total. The lowest BCUT2D eigenvalue weighted by Gasteiger charge is -2.02. The van der Waals surface area contributed by atoms with Gasteiger partial charge in [0.2, 0.25) is 11.0 Å². The average Bonchev–Trinajstić information content (AvgIpc) is 2.51. The summed E-state index contributed by atoms with van der Waals surface area (Å²) in [6, 6.07) is 0. The topological polar surface area (TPSA) is 54.9 Å². The molecule has 6 heteroatoms. The van der Waals surface area contributed by atoms with Crippen LogP contribution in [0, 0.1) is 5.92 Å². The third-order valence-corrected chi connectivity index (χ3v) is 2.91. The number of nitrogens with one attached hydrogen (secondary N) is 1. The molecule has 1 heterocycles. The molecule has 0 bridgehead atoms. The van der Waals surface area contributed by atoms with Crippen LogP contribution in [0.25, 0.3) is 0 Å². The normalized spacial score (nSPS) is 10.7. The highest BCUT2D eigenvalue weighted by atomic mass is 79.9. The van der Waals surface area contributed by atoms with Crippen LogP contribution in [0.4, 0.5) is 5.13 Å². The Morgan fingerprint density at radius 1 is 1.53 bits per heavy atom. The molecule has 0 fully saturated rings. The van der Waals surface area contributed by atoms with Gasteiger partial charge in [-0.1, -0.05) is 41.1 Å². The molecule has 0 aliphatic carbocycles. The maximum absolute atomic E-state index is 11.4. The quantitative estimate of drug-likeness (QED) is 0.848. The number of aromatic nitrogens is 2. The summed E-state index contributed by atoms with van der Waals surface area (Å²) in [4.78, 5) is 11.4. The van der Waals surface area contributed by atoms with Gasteiger partial charge in [0.1, 0.15) is 5.01 Å². The fourth-order valence-corrected chi connectivity index (χ4v) is 2.42. The van der Waals surface area contributed by atoms with Gasteiger partial charge < -0.3 is 5.32 Å². The summed E-state index contributed by atoms with van der Waals surface area (Å²) in [5, 5.41) is 13.0. The lowest BCUT2D eigenvalue weighted by molar-refractivity contribution is -0.116. The van der Waals surface area contributed by atoms with Crippen molar-refractivity contribution in [1.29, 1.82) is 0 Å². The zero-order chi connectivity index (χ0) is 11.3. The Bertz CT molecular complexity index is 327. The summed E-state index contributed by atoms with van der Waals surface area (Å²) in [6.07, 6.45) is 1.37. The molecule has 0 aliphatic heterocycles. The summed E-state index contributed by atoms with van der Waals surface area (Å²) >= 11 is 4.76. The Hall–Kier alpha value is -0.490. The van der Waals surface area contributed by atoms with Crippen LogP contribution < -0.4 is 5.32 Å². The van der Waals surface area contributed by atoms with Crippen molar-refractivity contribution in [3.05, 3.63) is 5.01 Å². The van der Waals surface area contributed by atoms with Crippen LogP contribution in [-0.4, -0.2) is 21.4 Å². The van der Waals surface area contributed by atoms with Crippen LogP contribution in [0.2, 0.25) is 0 Å². The van der Waals surface area contributed by atoms with Gasteiger partial charge in [0.05, 0.1) is 0 Å². The van der Waals surface area contributed by atoms with Gasteiger partial charge in [-0.15, -0.1) is 10.2 Å². The van der Waals surface area contributed by atoms with E-state index in [4.69, 9.17) is 0 Å². The first kappa shape index (κ1) is 12.6. The number of amides is 1. The monoisotopic (exact) mass is 291 g/mol. The molecule has 1 rings (SSSR count). The first-order valence-electron chi connectivity index (χ1n) is 4.80. The molecular formula is C9H14BrN3OS. The standard InChI is InChI=1S/C9H14BrN3OS/c1-6(2)5-7(14)11-9-13-12-8(15-9)3-4-10/h6H,3-5H2,1-2H3,(H,11,13,14). The number of halogens is 1. The summed E-state index contributed by atoms with van der Waals surface area (Å²) in [5.74, 6) is 0.367. The molecule has 1 aromatic heterocycles. The van der Waals surface area contributed by atoms with E-state index < -0.39 is 0 Å². The number of carbonyl (C=O) groups excluding carboxylic acids is 1. The lowest BCUT2D eigenvalue weighted by atomic mass is 10.1. The number of nitrogens with zero attached hydrogens (tertiary/aromatic N) is 2. The van der Waals surface area contributed by atoms with Crippen molar-refractivity contribution in [3.8, 4) is 0 Å². The maximum atomic E-state index is 11.4. The van der Waals surface area contributed by atoms with Crippen LogP contribution in [0.15, 0.2) is 0 Å². The molecule has 84 valence electrons. The largest absolute Gasteiger partial charge is 0.301 e. The highest BCUT2D eigenvalue weighted by molar-refractivity contribution is 9.09. The van der Waals surface area contributed by atoms with Gasteiger partial charge in [-0.05, 0) is 5.92 Å². The second kappa shape index (κ2) is 6.17. The number of hydrogen-bond acceptors (Lipinski definition) is 4. The van der Waals surface area contributed by atoms with Gasteiger partial charge in [0, 0.05) is 18.2 Å². The Balaban J connectivity index is 2.46. The van der Waals surface area contributed by atoms with E-state index in [1.54, 1.807) is 0 Å². The fraction of sp³-hybridized carbons (Fsp3) is 0.667. The third-order valence-electron chi connectivity index (χ3n) is 1.62. The summed E-state index contributed by atoms with van der Waals surface area (Å²) in [5.41, 5.74) is 0. The van der Waals surface area contributed by atoms with E-state index in [1.165, 1.54) is 11.3 Å². The number of carbonyl (C=O) groups is 1. The number of aryl methyl sites for hydroxylation is 1. The minimum atomic E-state index is 0.00606. The SMILES string of the molecule is CC(C)CC(=O)Nc1nnc(CCBr)s1. The van der Waals surface area contributed by atoms with Crippen LogP contribution in [0.3, 0.4) is 0 Å². The maximum Gasteiger partial charge on any atom is 0.226 e. The molecule has 1 aromatic rings. The summed E-state index contributed by atoms with van der Waals surface area (Å²) in [6.45, 7) is 4.02. The van der Waals surface area contributed by atoms with Crippen molar-refractivity contribution >= 4 is 38.3 Å². The van der Waals surface area contributed by atoms with Gasteiger partial charge in [0.25, 0.3) is 0 Å². The molecule has 1 N–H and O–H groups in total. The van der Waals surface area contributed by atoms with Gasteiger partial charge in [0.15, 0.2) is 0 Å². The number of alkyl halides is 1. The number of anilines is 1. The van der Waals surface area contributed by atoms with Crippen molar-refractivity contribution in [1.82, 2.24) is 10.2 Å². The van der Waals surface area contributed by atoms with Crippen LogP contribution in [0.1, 0.15) is 25.3 Å². The Morgan fingerprint density at radius 3 is 2.87 bits per heavy atom. The van der Waals surface area contributed by atoms with Gasteiger partial charge in [-0.3, -0.25) is 4.79 Å². The van der Waals surface area contributed by atoms with Crippen molar-refractivity contribution in [2.75, 3.05) is 10.6 Å². The van der Waals surface area contributed by atoms with Gasteiger partial charge in [-0.25, -0.2) is 0 Å². The molecule has 0 aromatic carbocycles. The molecule has 0 aliphatic rings. The van der Waals surface area contributed by atoms with Crippen molar-refractivity contribution < 1.29 is 4.79 Å². The molecule has 0 radical (unpaired) electrons. The second-order valence-electron chi connectivity index (χ2n) is 3.59. The Morgan fingerprint density at radius 2 is 2.27 bits per heavy atom. The molecule has 0 atom stereocenters. The zero-order valence-corrected chi connectivity index (χ0v) is 11.2. The van der Waals surface area contributed by atoms with E-state index in [2.05, 4.69) is 31.4 Å².